The van der Waals surface area contributed by atoms with Crippen molar-refractivity contribution >= 4 is 16.7 Å². The maximum Gasteiger partial charge on any atom is 0.401 e. The summed E-state index contributed by atoms with van der Waals surface area (Å²) in [4.78, 5) is 21.3. The predicted molar refractivity (Wildman–Crippen MR) is 139 cm³/mol. The molecule has 0 atom stereocenters. The lowest BCUT2D eigenvalue weighted by Crippen LogP contribution is -2.49. The standard InChI is InChI=1S/C25H24F5N7O3.CH3F/c26-21(27)23-33-32-22(40-23)15-1-2-16(31-10-15)11-36-19-4-3-17(9-20(19)37(24(36)38)18-12-39-13-18)35-7-5-34(6-8-35)14-25(28,29)30;1-2/h1-4,9-10,18,21H,5-8,11-14H2;1H3. The first-order chi connectivity index (χ1) is 20.2. The Kier molecular flexibility index (Phi) is 8.54. The molecule has 4 aromatic rings. The van der Waals surface area contributed by atoms with E-state index in [9.17, 15) is 31.1 Å². The van der Waals surface area contributed by atoms with E-state index in [1.807, 2.05) is 23.1 Å². The maximum absolute atomic E-state index is 13.6. The number of nitrogens with zero attached hydrogens (tertiary/aromatic N) is 7. The number of rotatable bonds is 7. The van der Waals surface area contributed by atoms with Gasteiger partial charge in [0.25, 0.3) is 5.89 Å². The molecular formula is C26H27F6N7O3. The van der Waals surface area contributed by atoms with E-state index in [-0.39, 0.29) is 37.3 Å². The molecule has 0 amide bonds. The Morgan fingerprint density at radius 2 is 1.74 bits per heavy atom. The lowest BCUT2D eigenvalue weighted by molar-refractivity contribution is -0.146. The molecule has 0 unspecified atom stereocenters. The van der Waals surface area contributed by atoms with Gasteiger partial charge in [0.1, 0.15) is 0 Å². The minimum absolute atomic E-state index is 0.0835. The fourth-order valence-corrected chi connectivity index (χ4v) is 5.01. The Morgan fingerprint density at radius 3 is 2.31 bits per heavy atom. The van der Waals surface area contributed by atoms with Gasteiger partial charge in [-0.25, -0.2) is 4.79 Å². The van der Waals surface area contributed by atoms with Crippen LogP contribution in [0.1, 0.15) is 24.1 Å². The molecule has 0 spiro atoms. The van der Waals surface area contributed by atoms with Crippen LogP contribution in [0.25, 0.3) is 22.5 Å². The highest BCUT2D eigenvalue weighted by Gasteiger charge is 2.32. The molecule has 2 aliphatic rings. The summed E-state index contributed by atoms with van der Waals surface area (Å²) in [6.07, 6.45) is -5.69. The van der Waals surface area contributed by atoms with Gasteiger partial charge < -0.3 is 14.1 Å². The van der Waals surface area contributed by atoms with Crippen molar-refractivity contribution in [1.82, 2.24) is 29.2 Å². The molecule has 16 heteroatoms. The van der Waals surface area contributed by atoms with Crippen LogP contribution in [0, 0.1) is 0 Å². The molecule has 2 fully saturated rings. The van der Waals surface area contributed by atoms with Gasteiger partial charge >= 0.3 is 18.3 Å². The van der Waals surface area contributed by atoms with E-state index in [0.29, 0.717) is 55.8 Å². The summed E-state index contributed by atoms with van der Waals surface area (Å²) in [5.41, 5.74) is 2.89. The molecule has 42 heavy (non-hydrogen) atoms. The molecule has 2 saturated heterocycles. The smallest absolute Gasteiger partial charge is 0.401 e. The molecular weight excluding hydrogens is 572 g/mol. The lowest BCUT2D eigenvalue weighted by atomic mass is 10.2. The summed E-state index contributed by atoms with van der Waals surface area (Å²) in [5.74, 6) is -0.860. The Bertz CT molecular complexity index is 1560. The van der Waals surface area contributed by atoms with Gasteiger partial charge in [-0.2, -0.15) is 22.0 Å². The average molecular weight is 600 g/mol. The molecule has 0 radical (unpaired) electrons. The molecule has 0 saturated carbocycles. The maximum atomic E-state index is 13.6. The first-order valence-corrected chi connectivity index (χ1v) is 13.0. The summed E-state index contributed by atoms with van der Waals surface area (Å²) in [6.45, 7) is 1.48. The largest absolute Gasteiger partial charge is 0.415 e. The van der Waals surface area contributed by atoms with Gasteiger partial charge in [0.2, 0.25) is 5.89 Å². The SMILES string of the molecule is CF.O=c1n(Cc2ccc(-c3nnc(C(F)F)o3)cn2)c2ccc(N3CCN(CC(F)(F)F)CC3)cc2n1C1COC1. The van der Waals surface area contributed by atoms with Gasteiger partial charge in [0, 0.05) is 38.1 Å². The third-order valence-corrected chi connectivity index (χ3v) is 7.09. The van der Waals surface area contributed by atoms with Crippen molar-refractivity contribution in [2.24, 2.45) is 0 Å². The lowest BCUT2D eigenvalue weighted by Gasteiger charge is -2.36. The zero-order valence-corrected chi connectivity index (χ0v) is 22.4. The Balaban J connectivity index is 0.00000173. The van der Waals surface area contributed by atoms with Crippen LogP contribution in [0.5, 0.6) is 0 Å². The van der Waals surface area contributed by atoms with E-state index in [0.717, 1.165) is 5.69 Å². The van der Waals surface area contributed by atoms with Crippen LogP contribution in [0.4, 0.5) is 32.0 Å². The number of imidazole rings is 1. The Morgan fingerprint density at radius 1 is 1.00 bits per heavy atom. The van der Waals surface area contributed by atoms with Crippen molar-refractivity contribution in [3.63, 3.8) is 0 Å². The normalized spacial score (nSPS) is 16.5. The predicted octanol–water partition coefficient (Wildman–Crippen LogP) is 4.08. The molecule has 5 heterocycles. The topological polar surface area (TPSA) is 94.5 Å². The van der Waals surface area contributed by atoms with E-state index < -0.39 is 25.0 Å². The highest BCUT2D eigenvalue weighted by Crippen LogP contribution is 2.29. The number of anilines is 1. The minimum Gasteiger partial charge on any atom is -0.415 e. The van der Waals surface area contributed by atoms with Gasteiger partial charge in [0.15, 0.2) is 0 Å². The van der Waals surface area contributed by atoms with Crippen molar-refractivity contribution in [3.05, 3.63) is 58.6 Å². The second-order valence-electron chi connectivity index (χ2n) is 9.77. The third-order valence-electron chi connectivity index (χ3n) is 7.09. The Labute approximate surface area is 235 Å². The van der Waals surface area contributed by atoms with Crippen LogP contribution < -0.4 is 10.6 Å². The number of benzene rings is 1. The highest BCUT2D eigenvalue weighted by molar-refractivity contribution is 5.81. The monoisotopic (exact) mass is 599 g/mol. The Hall–Kier alpha value is -3.92. The van der Waals surface area contributed by atoms with Crippen molar-refractivity contribution in [1.29, 1.82) is 0 Å². The number of alkyl halides is 6. The van der Waals surface area contributed by atoms with E-state index in [2.05, 4.69) is 15.2 Å². The van der Waals surface area contributed by atoms with Gasteiger partial charge in [-0.05, 0) is 30.3 Å². The molecule has 6 rings (SSSR count). The quantitative estimate of drug-likeness (QED) is 0.294. The van der Waals surface area contributed by atoms with Crippen molar-refractivity contribution < 1.29 is 35.5 Å². The van der Waals surface area contributed by atoms with Crippen molar-refractivity contribution in [2.75, 3.05) is 58.0 Å². The number of piperazine rings is 1. The summed E-state index contributed by atoms with van der Waals surface area (Å²) in [5, 5.41) is 6.93. The number of halogens is 6. The summed E-state index contributed by atoms with van der Waals surface area (Å²) in [6, 6.07) is 8.73. The number of ether oxygens (including phenoxy) is 1. The van der Waals surface area contributed by atoms with E-state index >= 15 is 0 Å². The number of hydrogen-bond donors (Lipinski definition) is 0. The number of fused-ring (bicyclic) bond motifs is 1. The number of pyridine rings is 1. The van der Waals surface area contributed by atoms with Crippen LogP contribution in [0.3, 0.4) is 0 Å². The second-order valence-corrected chi connectivity index (χ2v) is 9.77. The molecule has 0 bridgehead atoms. The molecule has 0 aliphatic carbocycles. The molecule has 3 aromatic heterocycles. The number of hydrogen-bond acceptors (Lipinski definition) is 8. The zero-order chi connectivity index (χ0) is 30.0. The van der Waals surface area contributed by atoms with E-state index in [4.69, 9.17) is 9.15 Å². The van der Waals surface area contributed by atoms with Crippen LogP contribution in [0.2, 0.25) is 0 Å². The molecule has 10 nitrogen and oxygen atoms in total. The molecule has 2 aliphatic heterocycles. The third kappa shape index (κ3) is 6.13. The first kappa shape index (κ1) is 29.6. The fourth-order valence-electron chi connectivity index (χ4n) is 5.01. The van der Waals surface area contributed by atoms with E-state index in [1.165, 1.54) is 11.1 Å². The van der Waals surface area contributed by atoms with Gasteiger partial charge in [0.05, 0.1) is 61.8 Å². The summed E-state index contributed by atoms with van der Waals surface area (Å²) >= 11 is 0. The molecule has 0 N–H and O–H groups in total. The fraction of sp³-hybridized carbons (Fsp3) is 0.462. The van der Waals surface area contributed by atoms with Crippen LogP contribution in [-0.2, 0) is 11.3 Å². The average Bonchev–Trinajstić information content (AvgIpc) is 3.54. The first-order valence-electron chi connectivity index (χ1n) is 13.0. The van der Waals surface area contributed by atoms with Crippen LogP contribution in [0.15, 0.2) is 45.7 Å². The minimum atomic E-state index is -4.23. The van der Waals surface area contributed by atoms with Gasteiger partial charge in [-0.15, -0.1) is 10.2 Å². The van der Waals surface area contributed by atoms with E-state index in [1.54, 1.807) is 21.3 Å². The molecule has 226 valence electrons. The second kappa shape index (κ2) is 12.1. The van der Waals surface area contributed by atoms with Crippen molar-refractivity contribution in [2.45, 2.75) is 25.2 Å². The summed E-state index contributed by atoms with van der Waals surface area (Å²) in [7, 11) is 0.500. The van der Waals surface area contributed by atoms with Gasteiger partial charge in [-0.1, -0.05) is 0 Å². The number of aromatic nitrogens is 5. The zero-order valence-electron chi connectivity index (χ0n) is 22.4. The highest BCUT2D eigenvalue weighted by atomic mass is 19.4. The molecule has 1 aromatic carbocycles. The van der Waals surface area contributed by atoms with Crippen LogP contribution in [-0.4, -0.2) is 88.5 Å². The van der Waals surface area contributed by atoms with Crippen molar-refractivity contribution in [3.8, 4) is 11.5 Å². The summed E-state index contributed by atoms with van der Waals surface area (Å²) < 4.78 is 86.9. The van der Waals surface area contributed by atoms with Gasteiger partial charge in [-0.3, -0.25) is 23.4 Å². The van der Waals surface area contributed by atoms with Crippen LogP contribution >= 0.6 is 0 Å².